The molecule has 30 heavy (non-hydrogen) atoms. The summed E-state index contributed by atoms with van der Waals surface area (Å²) in [5, 5.41) is 20.8. The summed E-state index contributed by atoms with van der Waals surface area (Å²) >= 11 is 0. The van der Waals surface area contributed by atoms with E-state index in [2.05, 4.69) is 0 Å². The molecule has 0 aliphatic heterocycles. The highest BCUT2D eigenvalue weighted by Gasteiger charge is 2.23. The van der Waals surface area contributed by atoms with Crippen LogP contribution < -0.4 is 9.47 Å². The minimum Gasteiger partial charge on any atom is -0.504 e. The fraction of sp³-hybridized carbons (Fsp3) is 0.417. The number of phenolic OH excluding ortho intramolecular Hbond substituents is 2. The van der Waals surface area contributed by atoms with Crippen LogP contribution in [0.25, 0.3) is 0 Å². The normalized spacial score (nSPS) is 19.4. The van der Waals surface area contributed by atoms with Crippen LogP contribution in [0.3, 0.4) is 0 Å². The number of benzene rings is 2. The average Bonchev–Trinajstić information content (AvgIpc) is 2.76. The predicted octanol–water partition coefficient (Wildman–Crippen LogP) is 4.74. The van der Waals surface area contributed by atoms with Gasteiger partial charge in [-0.3, -0.25) is 9.98 Å². The van der Waals surface area contributed by atoms with Gasteiger partial charge < -0.3 is 19.7 Å². The summed E-state index contributed by atoms with van der Waals surface area (Å²) < 4.78 is 10.9. The molecule has 0 heterocycles. The summed E-state index contributed by atoms with van der Waals surface area (Å²) in [6.45, 7) is 4.75. The van der Waals surface area contributed by atoms with E-state index in [-0.39, 0.29) is 23.6 Å². The van der Waals surface area contributed by atoms with Gasteiger partial charge in [0.05, 0.1) is 25.3 Å². The van der Waals surface area contributed by atoms with Crippen LogP contribution in [0.2, 0.25) is 0 Å². The van der Waals surface area contributed by atoms with E-state index in [0.29, 0.717) is 35.8 Å². The van der Waals surface area contributed by atoms with Gasteiger partial charge in [0.1, 0.15) is 0 Å². The Labute approximate surface area is 177 Å². The molecule has 2 N–H and O–H groups in total. The van der Waals surface area contributed by atoms with Gasteiger partial charge in [0.15, 0.2) is 23.0 Å². The first-order chi connectivity index (χ1) is 14.6. The van der Waals surface area contributed by atoms with Crippen LogP contribution in [0, 0.1) is 0 Å². The number of nitrogens with zero attached hydrogens (tertiary/aromatic N) is 2. The zero-order valence-electron chi connectivity index (χ0n) is 17.6. The molecule has 0 bridgehead atoms. The third-order valence-electron chi connectivity index (χ3n) is 5.16. The maximum Gasteiger partial charge on any atom is 0.166 e. The molecule has 2 aromatic rings. The van der Waals surface area contributed by atoms with Crippen molar-refractivity contribution >= 4 is 12.4 Å². The highest BCUT2D eigenvalue weighted by Crippen LogP contribution is 2.31. The Morgan fingerprint density at radius 2 is 1.23 bits per heavy atom. The molecule has 2 unspecified atom stereocenters. The lowest BCUT2D eigenvalue weighted by atomic mass is 9.91. The second-order valence-corrected chi connectivity index (χ2v) is 7.23. The van der Waals surface area contributed by atoms with Gasteiger partial charge in [-0.2, -0.15) is 0 Å². The molecule has 2 aromatic carbocycles. The van der Waals surface area contributed by atoms with Crippen molar-refractivity contribution in [1.82, 2.24) is 0 Å². The highest BCUT2D eigenvalue weighted by molar-refractivity contribution is 5.86. The highest BCUT2D eigenvalue weighted by atomic mass is 16.5. The first kappa shape index (κ1) is 21.7. The molecule has 1 fully saturated rings. The molecule has 0 amide bonds. The lowest BCUT2D eigenvalue weighted by Gasteiger charge is -2.25. The zero-order chi connectivity index (χ0) is 21.3. The first-order valence-electron chi connectivity index (χ1n) is 10.6. The summed E-state index contributed by atoms with van der Waals surface area (Å²) in [5.74, 6) is 1.14. The van der Waals surface area contributed by atoms with Crippen molar-refractivity contribution in [2.24, 2.45) is 9.98 Å². The van der Waals surface area contributed by atoms with Gasteiger partial charge in [0.2, 0.25) is 0 Å². The van der Waals surface area contributed by atoms with Crippen LogP contribution >= 0.6 is 0 Å². The number of ether oxygens (including phenoxy) is 2. The average molecular weight is 411 g/mol. The minimum atomic E-state index is 0.0300. The second kappa shape index (κ2) is 10.7. The molecule has 0 saturated heterocycles. The molecule has 160 valence electrons. The van der Waals surface area contributed by atoms with E-state index in [1.54, 1.807) is 24.6 Å². The summed E-state index contributed by atoms with van der Waals surface area (Å²) in [5.41, 5.74) is 1.27. The molecular formula is C24H30N2O4. The van der Waals surface area contributed by atoms with Crippen LogP contribution in [0.5, 0.6) is 23.0 Å². The van der Waals surface area contributed by atoms with Crippen molar-refractivity contribution in [2.75, 3.05) is 13.2 Å². The first-order valence-corrected chi connectivity index (χ1v) is 10.6. The Morgan fingerprint density at radius 1 is 0.800 bits per heavy atom. The Bertz CT molecular complexity index is 821. The Kier molecular flexibility index (Phi) is 7.71. The molecule has 0 spiro atoms. The van der Waals surface area contributed by atoms with Gasteiger partial charge in [-0.25, -0.2) is 0 Å². The molecule has 1 saturated carbocycles. The minimum absolute atomic E-state index is 0.0300. The third-order valence-corrected chi connectivity index (χ3v) is 5.16. The molecule has 3 rings (SSSR count). The van der Waals surface area contributed by atoms with Crippen LogP contribution in [0.4, 0.5) is 0 Å². The maximum absolute atomic E-state index is 10.4. The van der Waals surface area contributed by atoms with E-state index in [1.165, 1.54) is 0 Å². The fourth-order valence-electron chi connectivity index (χ4n) is 3.62. The predicted molar refractivity (Wildman–Crippen MR) is 120 cm³/mol. The number of hydrogen-bond donors (Lipinski definition) is 2. The third kappa shape index (κ3) is 5.32. The number of phenols is 2. The van der Waals surface area contributed by atoms with Crippen LogP contribution in [0.1, 0.15) is 50.7 Å². The van der Waals surface area contributed by atoms with Crippen molar-refractivity contribution in [3.8, 4) is 23.0 Å². The van der Waals surface area contributed by atoms with E-state index in [9.17, 15) is 10.2 Å². The molecule has 6 nitrogen and oxygen atoms in total. The molecular weight excluding hydrogens is 380 g/mol. The number of aromatic hydroxyl groups is 2. The lowest BCUT2D eigenvalue weighted by Crippen LogP contribution is -2.27. The molecule has 1 aliphatic rings. The van der Waals surface area contributed by atoms with E-state index in [4.69, 9.17) is 19.5 Å². The van der Waals surface area contributed by atoms with Crippen molar-refractivity contribution in [1.29, 1.82) is 0 Å². The molecule has 2 atom stereocenters. The summed E-state index contributed by atoms with van der Waals surface area (Å²) in [7, 11) is 0. The second-order valence-electron chi connectivity index (χ2n) is 7.23. The van der Waals surface area contributed by atoms with Crippen molar-refractivity contribution in [3.05, 3.63) is 47.5 Å². The van der Waals surface area contributed by atoms with Crippen molar-refractivity contribution in [3.63, 3.8) is 0 Å². The van der Waals surface area contributed by atoms with Gasteiger partial charge in [-0.1, -0.05) is 25.0 Å². The smallest absolute Gasteiger partial charge is 0.166 e. The summed E-state index contributed by atoms with van der Waals surface area (Å²) in [4.78, 5) is 9.47. The molecule has 1 aliphatic carbocycles. The van der Waals surface area contributed by atoms with Gasteiger partial charge in [0.25, 0.3) is 0 Å². The Hall–Kier alpha value is -3.02. The summed E-state index contributed by atoms with van der Waals surface area (Å²) in [6, 6.07) is 10.9. The Morgan fingerprint density at radius 3 is 1.63 bits per heavy atom. The van der Waals surface area contributed by atoms with Gasteiger partial charge in [-0.05, 0) is 51.0 Å². The van der Waals surface area contributed by atoms with Gasteiger partial charge >= 0.3 is 0 Å². The number of hydrogen-bond acceptors (Lipinski definition) is 6. The number of rotatable bonds is 8. The van der Waals surface area contributed by atoms with Crippen molar-refractivity contribution in [2.45, 2.75) is 51.6 Å². The fourth-order valence-corrected chi connectivity index (χ4v) is 3.62. The van der Waals surface area contributed by atoms with Crippen LogP contribution in [-0.4, -0.2) is 47.9 Å². The topological polar surface area (TPSA) is 83.6 Å². The number of para-hydroxylation sites is 2. The van der Waals surface area contributed by atoms with Crippen molar-refractivity contribution < 1.29 is 19.7 Å². The SMILES string of the molecule is CCOc1cccc(C=NC2CCCCC2N=Cc2cccc(OCC)c2O)c1O. The van der Waals surface area contributed by atoms with E-state index in [0.717, 1.165) is 25.7 Å². The van der Waals surface area contributed by atoms with Crippen LogP contribution in [0.15, 0.2) is 46.4 Å². The standard InChI is InChI=1S/C24H30N2O4/c1-3-29-21-13-7-9-17(23(21)27)15-25-19-11-5-6-12-20(19)26-16-18-10-8-14-22(24(18)28)30-4-2/h7-10,13-16,19-20,27-28H,3-6,11-12H2,1-2H3. The monoisotopic (exact) mass is 410 g/mol. The van der Waals surface area contributed by atoms with Gasteiger partial charge in [-0.15, -0.1) is 0 Å². The van der Waals surface area contributed by atoms with E-state index < -0.39 is 0 Å². The Balaban J connectivity index is 1.76. The van der Waals surface area contributed by atoms with Crippen LogP contribution in [-0.2, 0) is 0 Å². The quantitative estimate of drug-likeness (QED) is 0.616. The zero-order valence-corrected chi connectivity index (χ0v) is 17.6. The lowest BCUT2D eigenvalue weighted by molar-refractivity contribution is 0.318. The van der Waals surface area contributed by atoms with E-state index >= 15 is 0 Å². The number of aliphatic imine (C=N–C) groups is 2. The molecule has 0 radical (unpaired) electrons. The van der Waals surface area contributed by atoms with Gasteiger partial charge in [0, 0.05) is 23.6 Å². The van der Waals surface area contributed by atoms with E-state index in [1.807, 2.05) is 38.1 Å². The summed E-state index contributed by atoms with van der Waals surface area (Å²) in [6.07, 6.45) is 7.51. The molecule has 0 aromatic heterocycles. The maximum atomic E-state index is 10.4. The molecule has 6 heteroatoms. The largest absolute Gasteiger partial charge is 0.504 e.